The first kappa shape index (κ1) is 11.0. The van der Waals surface area contributed by atoms with Crippen molar-refractivity contribution in [3.63, 3.8) is 0 Å². The second kappa shape index (κ2) is 5.62. The van der Waals surface area contributed by atoms with Gasteiger partial charge in [0.15, 0.2) is 0 Å². The normalized spacial score (nSPS) is 9.00. The summed E-state index contributed by atoms with van der Waals surface area (Å²) in [6.45, 7) is 0. The summed E-state index contributed by atoms with van der Waals surface area (Å²) < 4.78 is 48.0. The van der Waals surface area contributed by atoms with Crippen LogP contribution in [0.5, 0.6) is 0 Å². The van der Waals surface area contributed by atoms with Crippen LogP contribution in [0.3, 0.4) is 0 Å². The van der Waals surface area contributed by atoms with Crippen molar-refractivity contribution in [3.05, 3.63) is 35.9 Å². The summed E-state index contributed by atoms with van der Waals surface area (Å²) in [4.78, 5) is 0. The van der Waals surface area contributed by atoms with Gasteiger partial charge in [0.2, 0.25) is 0 Å². The first-order valence-corrected chi connectivity index (χ1v) is 3.89. The van der Waals surface area contributed by atoms with Crippen LogP contribution in [0.25, 0.3) is 0 Å². The summed E-state index contributed by atoms with van der Waals surface area (Å²) in [5, 5.41) is 0. The van der Waals surface area contributed by atoms with Gasteiger partial charge in [0.25, 0.3) is 11.0 Å². The molecule has 0 radical (unpaired) electrons. The molecular formula is C6H6F2O3S. The van der Waals surface area contributed by atoms with Gasteiger partial charge in [0.1, 0.15) is 11.6 Å². The minimum absolute atomic E-state index is 0.411. The van der Waals surface area contributed by atoms with Crippen LogP contribution in [0.2, 0.25) is 0 Å². The fraction of sp³-hybridized carbons (Fsp3) is 0. The lowest BCUT2D eigenvalue weighted by Gasteiger charge is -1.83. The van der Waals surface area contributed by atoms with Crippen molar-refractivity contribution < 1.29 is 21.8 Å². The van der Waals surface area contributed by atoms with Crippen LogP contribution >= 0.6 is 0 Å². The first-order valence-electron chi connectivity index (χ1n) is 2.76. The molecule has 0 atom stereocenters. The molecule has 0 bridgehead atoms. The summed E-state index contributed by atoms with van der Waals surface area (Å²) >= 11 is 0. The Morgan fingerprint density at radius 2 is 1.17 bits per heavy atom. The molecule has 68 valence electrons. The Morgan fingerprint density at radius 3 is 1.33 bits per heavy atom. The molecule has 0 aliphatic rings. The molecule has 1 aromatic carbocycles. The van der Waals surface area contributed by atoms with E-state index in [1.807, 2.05) is 0 Å². The third-order valence-corrected chi connectivity index (χ3v) is 0.804. The molecule has 1 aromatic rings. The maximum absolute atomic E-state index is 11.9. The molecule has 1 N–H and O–H groups in total. The lowest BCUT2D eigenvalue weighted by Crippen LogP contribution is -1.72. The minimum Gasteiger partial charge on any atom is -0.288 e. The van der Waals surface area contributed by atoms with Crippen molar-refractivity contribution in [2.75, 3.05) is 0 Å². The highest BCUT2D eigenvalue weighted by Gasteiger charge is 1.86. The molecule has 3 nitrogen and oxygen atoms in total. The van der Waals surface area contributed by atoms with E-state index in [1.54, 1.807) is 0 Å². The van der Waals surface area contributed by atoms with E-state index >= 15 is 0 Å². The van der Waals surface area contributed by atoms with Crippen LogP contribution in [0.1, 0.15) is 0 Å². The Balaban J connectivity index is 0.000000261. The predicted octanol–water partition coefficient (Wildman–Crippen LogP) is 1.04. The maximum Gasteiger partial charge on any atom is 0.254 e. The van der Waals surface area contributed by atoms with Gasteiger partial charge in [-0.15, -0.1) is 0 Å². The summed E-state index contributed by atoms with van der Waals surface area (Å²) in [7, 11) is -3.12. The average molecular weight is 196 g/mol. The SMILES string of the molecule is Fc1ccc(F)cc1.O=[SH](=O)O. The summed E-state index contributed by atoms with van der Waals surface area (Å²) in [5.41, 5.74) is 0. The molecule has 0 saturated carbocycles. The lowest BCUT2D eigenvalue weighted by atomic mass is 10.3. The largest absolute Gasteiger partial charge is 0.288 e. The van der Waals surface area contributed by atoms with E-state index in [-0.39, 0.29) is 0 Å². The third-order valence-electron chi connectivity index (χ3n) is 0.804. The van der Waals surface area contributed by atoms with Crippen LogP contribution in [0, 0.1) is 11.6 Å². The molecule has 12 heavy (non-hydrogen) atoms. The number of halogens is 2. The van der Waals surface area contributed by atoms with Crippen molar-refractivity contribution in [3.8, 4) is 0 Å². The second-order valence-corrected chi connectivity index (χ2v) is 2.15. The smallest absolute Gasteiger partial charge is 0.254 e. The summed E-state index contributed by atoms with van der Waals surface area (Å²) in [5.74, 6) is -0.821. The average Bonchev–Trinajstić information content (AvgIpc) is 1.94. The van der Waals surface area contributed by atoms with Crippen molar-refractivity contribution >= 4 is 11.0 Å². The fourth-order valence-corrected chi connectivity index (χ4v) is 0.430. The molecule has 6 heteroatoms. The highest BCUT2D eigenvalue weighted by atomic mass is 32.2. The van der Waals surface area contributed by atoms with Crippen LogP contribution in [0.15, 0.2) is 24.3 Å². The predicted molar refractivity (Wildman–Crippen MR) is 39.3 cm³/mol. The standard InChI is InChI=1S/C6H4F2.H2O3S/c7-5-1-2-6(8)4-3-5;1-4(2)3/h1-4H;4H,(H,1,2,3). The van der Waals surface area contributed by atoms with Gasteiger partial charge in [-0.3, -0.25) is 4.55 Å². The minimum atomic E-state index is -3.12. The Hall–Kier alpha value is -1.01. The molecule has 0 unspecified atom stereocenters. The Labute approximate surface area is 69.4 Å². The quantitative estimate of drug-likeness (QED) is 0.481. The Kier molecular flexibility index (Phi) is 5.14. The lowest BCUT2D eigenvalue weighted by molar-refractivity contribution is 0.509. The summed E-state index contributed by atoms with van der Waals surface area (Å²) in [6.07, 6.45) is 0. The van der Waals surface area contributed by atoms with Gasteiger partial charge < -0.3 is 0 Å². The van der Waals surface area contributed by atoms with Gasteiger partial charge >= 0.3 is 0 Å². The molecule has 0 aliphatic heterocycles. The highest BCUT2D eigenvalue weighted by Crippen LogP contribution is 1.98. The monoisotopic (exact) mass is 196 g/mol. The van der Waals surface area contributed by atoms with E-state index < -0.39 is 22.6 Å². The number of hydrogen-bond acceptors (Lipinski definition) is 2. The molecule has 0 heterocycles. The van der Waals surface area contributed by atoms with E-state index in [0.717, 1.165) is 24.3 Å². The zero-order chi connectivity index (χ0) is 9.56. The van der Waals surface area contributed by atoms with E-state index in [0.29, 0.717) is 0 Å². The van der Waals surface area contributed by atoms with Crippen LogP contribution in [-0.4, -0.2) is 13.0 Å². The maximum atomic E-state index is 11.9. The molecule has 0 aliphatic carbocycles. The fourth-order valence-electron chi connectivity index (χ4n) is 0.430. The van der Waals surface area contributed by atoms with Gasteiger partial charge in [-0.1, -0.05) is 0 Å². The van der Waals surface area contributed by atoms with Gasteiger partial charge in [-0.25, -0.2) is 17.2 Å². The Morgan fingerprint density at radius 1 is 1.00 bits per heavy atom. The Bertz CT molecular complexity index is 265. The van der Waals surface area contributed by atoms with Gasteiger partial charge in [0, 0.05) is 0 Å². The third kappa shape index (κ3) is 7.10. The first-order chi connectivity index (χ1) is 5.52. The van der Waals surface area contributed by atoms with Gasteiger partial charge in [-0.2, -0.15) is 0 Å². The van der Waals surface area contributed by atoms with Gasteiger partial charge in [-0.05, 0) is 24.3 Å². The topological polar surface area (TPSA) is 54.4 Å². The van der Waals surface area contributed by atoms with Crippen molar-refractivity contribution in [1.29, 1.82) is 0 Å². The van der Waals surface area contributed by atoms with Crippen LogP contribution in [-0.2, 0) is 11.0 Å². The molecule has 0 aromatic heterocycles. The highest BCUT2D eigenvalue weighted by molar-refractivity contribution is 7.66. The molecule has 0 saturated heterocycles. The number of hydrogen-bond donors (Lipinski definition) is 2. The van der Waals surface area contributed by atoms with Crippen molar-refractivity contribution in [1.82, 2.24) is 0 Å². The zero-order valence-electron chi connectivity index (χ0n) is 5.78. The molecular weight excluding hydrogens is 190 g/mol. The van der Waals surface area contributed by atoms with Gasteiger partial charge in [0.05, 0.1) is 0 Å². The zero-order valence-corrected chi connectivity index (χ0v) is 6.67. The van der Waals surface area contributed by atoms with E-state index in [1.165, 1.54) is 0 Å². The van der Waals surface area contributed by atoms with Crippen LogP contribution in [0.4, 0.5) is 8.78 Å². The molecule has 0 fully saturated rings. The number of thiol groups is 1. The summed E-state index contributed by atoms with van der Waals surface area (Å²) in [6, 6.07) is 4.31. The van der Waals surface area contributed by atoms with E-state index in [4.69, 9.17) is 13.0 Å². The van der Waals surface area contributed by atoms with Crippen molar-refractivity contribution in [2.24, 2.45) is 0 Å². The number of benzene rings is 1. The van der Waals surface area contributed by atoms with E-state index in [9.17, 15) is 8.78 Å². The molecule has 1 rings (SSSR count). The second-order valence-electron chi connectivity index (χ2n) is 1.67. The van der Waals surface area contributed by atoms with Crippen LogP contribution < -0.4 is 0 Å². The van der Waals surface area contributed by atoms with E-state index in [2.05, 4.69) is 0 Å². The molecule has 0 spiro atoms. The number of rotatable bonds is 0. The van der Waals surface area contributed by atoms with Crippen molar-refractivity contribution in [2.45, 2.75) is 0 Å². The molecule has 0 amide bonds.